The van der Waals surface area contributed by atoms with Crippen LogP contribution in [0.15, 0.2) is 12.2 Å². The third-order valence-electron chi connectivity index (χ3n) is 4.34. The predicted octanol–water partition coefficient (Wildman–Crippen LogP) is 1.83. The molecule has 94 valence electrons. The third-order valence-corrected chi connectivity index (χ3v) is 4.34. The highest BCUT2D eigenvalue weighted by Gasteiger charge is 2.48. The van der Waals surface area contributed by atoms with Crippen molar-refractivity contribution in [2.45, 2.75) is 56.2 Å². The number of nitrogens with zero attached hydrogens (tertiary/aromatic N) is 1. The molecule has 0 radical (unpaired) electrons. The van der Waals surface area contributed by atoms with Crippen molar-refractivity contribution in [3.05, 3.63) is 12.2 Å². The number of aliphatic hydroxyl groups is 1. The molecule has 2 heterocycles. The summed E-state index contributed by atoms with van der Waals surface area (Å²) in [7, 11) is 0. The summed E-state index contributed by atoms with van der Waals surface area (Å²) in [5.41, 5.74) is -0.704. The van der Waals surface area contributed by atoms with Gasteiger partial charge in [0, 0.05) is 0 Å². The van der Waals surface area contributed by atoms with Crippen LogP contribution in [0.3, 0.4) is 0 Å². The Bertz CT molecular complexity index is 347. The lowest BCUT2D eigenvalue weighted by molar-refractivity contribution is -0.0635. The molecule has 0 unspecified atom stereocenters. The van der Waals surface area contributed by atoms with Crippen LogP contribution in [0.5, 0.6) is 0 Å². The molecule has 2 fully saturated rings. The highest BCUT2D eigenvalue weighted by molar-refractivity contribution is 5.71. The lowest BCUT2D eigenvalue weighted by Gasteiger charge is -2.45. The van der Waals surface area contributed by atoms with Crippen molar-refractivity contribution < 1.29 is 14.6 Å². The monoisotopic (exact) mass is 237 g/mol. The first-order chi connectivity index (χ1) is 8.21. The van der Waals surface area contributed by atoms with E-state index < -0.39 is 5.60 Å². The summed E-state index contributed by atoms with van der Waals surface area (Å²) in [5.74, 6) is 0. The van der Waals surface area contributed by atoms with E-state index in [9.17, 15) is 9.90 Å². The molecule has 2 aliphatic heterocycles. The van der Waals surface area contributed by atoms with E-state index in [4.69, 9.17) is 4.74 Å². The molecule has 1 N–H and O–H groups in total. The molecule has 1 aliphatic carbocycles. The first-order valence-corrected chi connectivity index (χ1v) is 6.55. The Morgan fingerprint density at radius 1 is 1.35 bits per heavy atom. The molecular formula is C13H19NO3. The Morgan fingerprint density at radius 3 is 2.88 bits per heavy atom. The Balaban J connectivity index is 1.86. The van der Waals surface area contributed by atoms with Crippen molar-refractivity contribution in [3.63, 3.8) is 0 Å². The number of carbonyl (C=O) groups excluding carboxylic acids is 1. The van der Waals surface area contributed by atoms with E-state index in [1.54, 1.807) is 4.90 Å². The van der Waals surface area contributed by atoms with Crippen molar-refractivity contribution in [2.75, 3.05) is 6.61 Å². The smallest absolute Gasteiger partial charge is 0.410 e. The normalized spacial score (nSPS) is 35.6. The number of amides is 1. The molecule has 4 nitrogen and oxygen atoms in total. The Morgan fingerprint density at radius 2 is 2.12 bits per heavy atom. The molecule has 3 rings (SSSR count). The van der Waals surface area contributed by atoms with Crippen molar-refractivity contribution in [3.8, 4) is 0 Å². The number of ether oxygens (including phenoxy) is 1. The standard InChI is InChI=1S/C13H19NO3/c15-12-14-10(9-17-12)5-4-6-11(14)13(16)7-2-1-3-8-13/h4-5,10-11,16H,1-3,6-9H2/t10-,11+/m0/s1. The van der Waals surface area contributed by atoms with Crippen molar-refractivity contribution >= 4 is 6.09 Å². The second-order valence-corrected chi connectivity index (χ2v) is 5.40. The van der Waals surface area contributed by atoms with Gasteiger partial charge in [-0.05, 0) is 19.3 Å². The van der Waals surface area contributed by atoms with E-state index >= 15 is 0 Å². The quantitative estimate of drug-likeness (QED) is 0.708. The topological polar surface area (TPSA) is 49.8 Å². The summed E-state index contributed by atoms with van der Waals surface area (Å²) in [6.45, 7) is 0.432. The van der Waals surface area contributed by atoms with Gasteiger partial charge in [0.25, 0.3) is 0 Å². The average Bonchev–Trinajstić information content (AvgIpc) is 2.72. The summed E-state index contributed by atoms with van der Waals surface area (Å²) < 4.78 is 5.09. The van der Waals surface area contributed by atoms with E-state index in [-0.39, 0.29) is 18.2 Å². The summed E-state index contributed by atoms with van der Waals surface area (Å²) >= 11 is 0. The van der Waals surface area contributed by atoms with Crippen LogP contribution in [0.4, 0.5) is 4.79 Å². The van der Waals surface area contributed by atoms with Gasteiger partial charge in [0.15, 0.2) is 0 Å². The van der Waals surface area contributed by atoms with E-state index in [1.807, 2.05) is 6.08 Å². The van der Waals surface area contributed by atoms with Gasteiger partial charge in [-0.3, -0.25) is 4.90 Å². The van der Waals surface area contributed by atoms with Crippen LogP contribution in [0.25, 0.3) is 0 Å². The third kappa shape index (κ3) is 1.75. The van der Waals surface area contributed by atoms with Gasteiger partial charge in [0.05, 0.1) is 17.7 Å². The lowest BCUT2D eigenvalue weighted by atomic mass is 9.76. The van der Waals surface area contributed by atoms with Gasteiger partial charge < -0.3 is 9.84 Å². The SMILES string of the molecule is O=C1OC[C@@H]2C=CC[C@H](C3(O)CCCCC3)N12. The minimum Gasteiger partial charge on any atom is -0.447 e. The van der Waals surface area contributed by atoms with E-state index in [2.05, 4.69) is 6.08 Å². The maximum Gasteiger partial charge on any atom is 0.410 e. The van der Waals surface area contributed by atoms with Gasteiger partial charge in [-0.25, -0.2) is 4.79 Å². The van der Waals surface area contributed by atoms with Gasteiger partial charge in [-0.15, -0.1) is 0 Å². The molecule has 2 atom stereocenters. The molecule has 0 spiro atoms. The fraction of sp³-hybridized carbons (Fsp3) is 0.769. The molecule has 1 saturated heterocycles. The minimum atomic E-state index is -0.704. The first kappa shape index (κ1) is 11.1. The van der Waals surface area contributed by atoms with Gasteiger partial charge in [0.2, 0.25) is 0 Å². The number of rotatable bonds is 1. The molecule has 0 aromatic heterocycles. The van der Waals surface area contributed by atoms with Crippen LogP contribution < -0.4 is 0 Å². The molecule has 0 aromatic carbocycles. The summed E-state index contributed by atoms with van der Waals surface area (Å²) in [6.07, 6.45) is 9.52. The molecular weight excluding hydrogens is 218 g/mol. The van der Waals surface area contributed by atoms with Crippen molar-refractivity contribution in [1.29, 1.82) is 0 Å². The molecule has 0 bridgehead atoms. The number of carbonyl (C=O) groups is 1. The molecule has 0 aromatic rings. The average molecular weight is 237 g/mol. The highest BCUT2D eigenvalue weighted by atomic mass is 16.6. The molecule has 1 amide bonds. The van der Waals surface area contributed by atoms with E-state index in [0.29, 0.717) is 6.61 Å². The largest absolute Gasteiger partial charge is 0.447 e. The molecule has 4 heteroatoms. The number of fused-ring (bicyclic) bond motifs is 1. The summed E-state index contributed by atoms with van der Waals surface area (Å²) in [5, 5.41) is 10.8. The second kappa shape index (κ2) is 4.02. The van der Waals surface area contributed by atoms with Crippen molar-refractivity contribution in [2.24, 2.45) is 0 Å². The van der Waals surface area contributed by atoms with Gasteiger partial charge >= 0.3 is 6.09 Å². The van der Waals surface area contributed by atoms with Crippen LogP contribution in [0.1, 0.15) is 38.5 Å². The summed E-state index contributed by atoms with van der Waals surface area (Å²) in [6, 6.07) is -0.0556. The van der Waals surface area contributed by atoms with Gasteiger partial charge in [-0.2, -0.15) is 0 Å². The fourth-order valence-corrected chi connectivity index (χ4v) is 3.41. The van der Waals surface area contributed by atoms with Crippen LogP contribution in [-0.2, 0) is 4.74 Å². The summed E-state index contributed by atoms with van der Waals surface area (Å²) in [4.78, 5) is 13.5. The van der Waals surface area contributed by atoms with Crippen LogP contribution >= 0.6 is 0 Å². The molecule has 3 aliphatic rings. The zero-order chi connectivity index (χ0) is 11.9. The molecule has 17 heavy (non-hydrogen) atoms. The number of hydrogen-bond donors (Lipinski definition) is 1. The van der Waals surface area contributed by atoms with Gasteiger partial charge in [-0.1, -0.05) is 31.4 Å². The van der Waals surface area contributed by atoms with Crippen LogP contribution in [0, 0.1) is 0 Å². The first-order valence-electron chi connectivity index (χ1n) is 6.55. The predicted molar refractivity (Wildman–Crippen MR) is 62.6 cm³/mol. The minimum absolute atomic E-state index is 0.0344. The number of hydrogen-bond acceptors (Lipinski definition) is 3. The maximum atomic E-state index is 11.8. The Labute approximate surface area is 101 Å². The Hall–Kier alpha value is -1.03. The molecule has 1 saturated carbocycles. The highest BCUT2D eigenvalue weighted by Crippen LogP contribution is 2.38. The fourth-order valence-electron chi connectivity index (χ4n) is 3.41. The number of cyclic esters (lactones) is 1. The lowest BCUT2D eigenvalue weighted by Crippen LogP contribution is -2.57. The zero-order valence-corrected chi connectivity index (χ0v) is 9.97. The van der Waals surface area contributed by atoms with E-state index in [0.717, 1.165) is 32.1 Å². The maximum absolute atomic E-state index is 11.8. The van der Waals surface area contributed by atoms with E-state index in [1.165, 1.54) is 6.42 Å². The van der Waals surface area contributed by atoms with Crippen molar-refractivity contribution in [1.82, 2.24) is 4.90 Å². The van der Waals surface area contributed by atoms with Crippen LogP contribution in [-0.4, -0.2) is 40.4 Å². The zero-order valence-electron chi connectivity index (χ0n) is 9.97. The van der Waals surface area contributed by atoms with Crippen LogP contribution in [0.2, 0.25) is 0 Å². The van der Waals surface area contributed by atoms with Gasteiger partial charge in [0.1, 0.15) is 6.61 Å². The second-order valence-electron chi connectivity index (χ2n) is 5.40. The Kier molecular flexibility index (Phi) is 2.62.